The van der Waals surface area contributed by atoms with Gasteiger partial charge in [0, 0.05) is 6.42 Å². The Hall–Kier alpha value is -2.18. The molecule has 1 aliphatic heterocycles. The summed E-state index contributed by atoms with van der Waals surface area (Å²) in [4.78, 5) is 25.6. The van der Waals surface area contributed by atoms with E-state index in [1.807, 2.05) is 6.92 Å². The molecule has 6 heteroatoms. The van der Waals surface area contributed by atoms with Crippen molar-refractivity contribution >= 4 is 11.6 Å². The second kappa shape index (κ2) is 4.68. The minimum absolute atomic E-state index is 0.0408. The van der Waals surface area contributed by atoms with Gasteiger partial charge in [-0.1, -0.05) is 19.1 Å². The molecule has 0 bridgehead atoms. The van der Waals surface area contributed by atoms with Gasteiger partial charge >= 0.3 is 0 Å². The molecular formula is C18H18O6. The molecule has 1 aromatic rings. The molecule has 6 nitrogen and oxygen atoms in total. The molecule has 2 aliphatic carbocycles. The largest absolute Gasteiger partial charge is 0.504 e. The quantitative estimate of drug-likeness (QED) is 0.613. The van der Waals surface area contributed by atoms with Crippen molar-refractivity contribution in [2.45, 2.75) is 37.1 Å². The first-order valence-corrected chi connectivity index (χ1v) is 7.98. The number of carbonyl (C=O) groups excluding carboxylic acids is 2. The summed E-state index contributed by atoms with van der Waals surface area (Å²) < 4.78 is 5.69. The third kappa shape index (κ3) is 1.72. The lowest BCUT2D eigenvalue weighted by Crippen LogP contribution is -2.72. The standard InChI is InChI=1S/C18H18O6/c1-9-7-13(20)18(23)14-12(5-6-17(18,22)8-9)24-16-10(15(14)21)3-2-4-11(16)19/h2-6,9,12,14,19,22-23H,7-8H2,1H3/t9-,12?,14?,17+,18+/m1/s1. The summed E-state index contributed by atoms with van der Waals surface area (Å²) in [6.45, 7) is 1.82. The zero-order chi connectivity index (χ0) is 17.3. The fraction of sp³-hybridized carbons (Fsp3) is 0.444. The molecule has 0 aromatic heterocycles. The summed E-state index contributed by atoms with van der Waals surface area (Å²) in [7, 11) is 0. The Balaban J connectivity index is 1.89. The average Bonchev–Trinajstić information content (AvgIpc) is 2.51. The van der Waals surface area contributed by atoms with Crippen molar-refractivity contribution in [3.63, 3.8) is 0 Å². The van der Waals surface area contributed by atoms with Gasteiger partial charge in [0.25, 0.3) is 0 Å². The number of phenols is 1. The second-order valence-corrected chi connectivity index (χ2v) is 7.06. The number of aliphatic hydroxyl groups is 2. The molecule has 24 heavy (non-hydrogen) atoms. The van der Waals surface area contributed by atoms with Gasteiger partial charge in [-0.3, -0.25) is 9.59 Å². The predicted octanol–water partition coefficient (Wildman–Crippen LogP) is 0.983. The molecule has 1 heterocycles. The van der Waals surface area contributed by atoms with E-state index < -0.39 is 34.8 Å². The van der Waals surface area contributed by atoms with Crippen LogP contribution < -0.4 is 4.74 Å². The number of Topliss-reactive ketones (excluding diaryl/α,β-unsaturated/α-hetero) is 2. The number of ether oxygens (including phenoxy) is 1. The van der Waals surface area contributed by atoms with E-state index in [1.165, 1.54) is 30.4 Å². The first-order valence-electron chi connectivity index (χ1n) is 7.98. The molecule has 1 saturated carbocycles. The number of carbonyl (C=O) groups is 2. The van der Waals surface area contributed by atoms with Crippen LogP contribution in [0.2, 0.25) is 0 Å². The number of aromatic hydroxyl groups is 1. The first-order chi connectivity index (χ1) is 11.3. The Labute approximate surface area is 138 Å². The zero-order valence-corrected chi connectivity index (χ0v) is 13.1. The number of hydrogen-bond acceptors (Lipinski definition) is 6. The molecule has 2 unspecified atom stereocenters. The highest BCUT2D eigenvalue weighted by molar-refractivity contribution is 6.08. The summed E-state index contributed by atoms with van der Waals surface area (Å²) in [5.74, 6) is -2.53. The van der Waals surface area contributed by atoms with Crippen LogP contribution in [0, 0.1) is 11.8 Å². The Morgan fingerprint density at radius 1 is 1.25 bits per heavy atom. The minimum Gasteiger partial charge on any atom is -0.504 e. The summed E-state index contributed by atoms with van der Waals surface area (Å²) in [5.41, 5.74) is -3.91. The van der Waals surface area contributed by atoms with Gasteiger partial charge in [-0.2, -0.15) is 0 Å². The van der Waals surface area contributed by atoms with Gasteiger partial charge < -0.3 is 20.1 Å². The Morgan fingerprint density at radius 2 is 2.00 bits per heavy atom. The molecule has 126 valence electrons. The molecule has 0 radical (unpaired) electrons. The highest BCUT2D eigenvalue weighted by atomic mass is 16.5. The van der Waals surface area contributed by atoms with Gasteiger partial charge in [-0.05, 0) is 30.5 Å². The maximum absolute atomic E-state index is 13.0. The van der Waals surface area contributed by atoms with Crippen LogP contribution in [0.15, 0.2) is 30.4 Å². The van der Waals surface area contributed by atoms with E-state index in [4.69, 9.17) is 4.74 Å². The van der Waals surface area contributed by atoms with Crippen LogP contribution in [0.1, 0.15) is 30.1 Å². The van der Waals surface area contributed by atoms with Gasteiger partial charge in [0.15, 0.2) is 28.7 Å². The number of hydrogen-bond donors (Lipinski definition) is 3. The monoisotopic (exact) mass is 330 g/mol. The predicted molar refractivity (Wildman–Crippen MR) is 82.8 cm³/mol. The molecule has 0 amide bonds. The van der Waals surface area contributed by atoms with Gasteiger partial charge in [0.05, 0.1) is 5.56 Å². The molecular weight excluding hydrogens is 312 g/mol. The molecule has 1 aromatic carbocycles. The molecule has 3 aliphatic rings. The van der Waals surface area contributed by atoms with E-state index >= 15 is 0 Å². The molecule has 0 spiro atoms. The highest BCUT2D eigenvalue weighted by Crippen LogP contribution is 2.51. The van der Waals surface area contributed by atoms with Crippen molar-refractivity contribution in [2.24, 2.45) is 11.8 Å². The third-order valence-electron chi connectivity index (χ3n) is 5.41. The number of phenolic OH excluding ortho intramolecular Hbond substituents is 1. The number of fused-ring (bicyclic) bond motifs is 4. The molecule has 0 saturated heterocycles. The normalized spacial score (nSPS) is 40.4. The van der Waals surface area contributed by atoms with Gasteiger partial charge in [0.2, 0.25) is 0 Å². The fourth-order valence-electron chi connectivity index (χ4n) is 4.31. The molecule has 1 fully saturated rings. The van der Waals surface area contributed by atoms with E-state index in [0.29, 0.717) is 0 Å². The lowest BCUT2D eigenvalue weighted by atomic mass is 9.56. The van der Waals surface area contributed by atoms with Crippen molar-refractivity contribution < 1.29 is 29.6 Å². The van der Waals surface area contributed by atoms with Crippen LogP contribution in [-0.4, -0.2) is 44.2 Å². The third-order valence-corrected chi connectivity index (χ3v) is 5.41. The maximum Gasteiger partial charge on any atom is 0.177 e. The van der Waals surface area contributed by atoms with Crippen molar-refractivity contribution in [1.82, 2.24) is 0 Å². The lowest BCUT2D eigenvalue weighted by Gasteiger charge is -2.53. The van der Waals surface area contributed by atoms with E-state index in [2.05, 4.69) is 0 Å². The minimum atomic E-state index is -2.22. The van der Waals surface area contributed by atoms with Crippen molar-refractivity contribution in [2.75, 3.05) is 0 Å². The molecule has 4 rings (SSSR count). The lowest BCUT2D eigenvalue weighted by molar-refractivity contribution is -0.197. The Bertz CT molecular complexity index is 784. The van der Waals surface area contributed by atoms with Gasteiger partial charge in [0.1, 0.15) is 17.6 Å². The number of para-hydroxylation sites is 1. The van der Waals surface area contributed by atoms with E-state index in [0.717, 1.165) is 0 Å². The van der Waals surface area contributed by atoms with Gasteiger partial charge in [-0.15, -0.1) is 0 Å². The van der Waals surface area contributed by atoms with E-state index in [-0.39, 0.29) is 35.8 Å². The Kier molecular flexibility index (Phi) is 2.99. The SMILES string of the molecule is C[C@@H]1CC(=O)[C@]2(O)C3C(=O)c4cccc(O)c4OC3C=C[C@]2(O)C1. The Morgan fingerprint density at radius 3 is 2.75 bits per heavy atom. The summed E-state index contributed by atoms with van der Waals surface area (Å²) in [5, 5.41) is 32.0. The highest BCUT2D eigenvalue weighted by Gasteiger charge is 2.67. The second-order valence-electron chi connectivity index (χ2n) is 7.06. The van der Waals surface area contributed by atoms with Crippen LogP contribution >= 0.6 is 0 Å². The fourth-order valence-corrected chi connectivity index (χ4v) is 4.31. The van der Waals surface area contributed by atoms with E-state index in [1.54, 1.807) is 0 Å². The number of ketones is 2. The number of rotatable bonds is 0. The maximum atomic E-state index is 13.0. The van der Waals surface area contributed by atoms with Crippen LogP contribution in [0.4, 0.5) is 0 Å². The number of benzene rings is 1. The average molecular weight is 330 g/mol. The van der Waals surface area contributed by atoms with Crippen molar-refractivity contribution in [3.05, 3.63) is 35.9 Å². The summed E-state index contributed by atoms with van der Waals surface area (Å²) >= 11 is 0. The van der Waals surface area contributed by atoms with Gasteiger partial charge in [-0.25, -0.2) is 0 Å². The summed E-state index contributed by atoms with van der Waals surface area (Å²) in [6, 6.07) is 4.37. The zero-order valence-electron chi connectivity index (χ0n) is 13.1. The van der Waals surface area contributed by atoms with Crippen LogP contribution in [0.5, 0.6) is 11.5 Å². The van der Waals surface area contributed by atoms with Crippen LogP contribution in [0.3, 0.4) is 0 Å². The molecule has 3 N–H and O–H groups in total. The van der Waals surface area contributed by atoms with Crippen molar-refractivity contribution in [3.8, 4) is 11.5 Å². The van der Waals surface area contributed by atoms with Crippen molar-refractivity contribution in [1.29, 1.82) is 0 Å². The topological polar surface area (TPSA) is 104 Å². The summed E-state index contributed by atoms with van der Waals surface area (Å²) in [6.07, 6.45) is 2.23. The van der Waals surface area contributed by atoms with Crippen LogP contribution in [-0.2, 0) is 4.79 Å². The molecule has 5 atom stereocenters. The van der Waals surface area contributed by atoms with E-state index in [9.17, 15) is 24.9 Å². The van der Waals surface area contributed by atoms with Crippen LogP contribution in [0.25, 0.3) is 0 Å². The smallest absolute Gasteiger partial charge is 0.177 e. The first kappa shape index (κ1) is 15.4.